The van der Waals surface area contributed by atoms with Crippen molar-refractivity contribution in [1.82, 2.24) is 9.78 Å². The molecule has 1 aromatic heterocycles. The molecule has 2 aromatic carbocycles. The molecule has 4 nitrogen and oxygen atoms in total. The van der Waals surface area contributed by atoms with Crippen molar-refractivity contribution >= 4 is 17.7 Å². The Morgan fingerprint density at radius 2 is 1.73 bits per heavy atom. The second kappa shape index (κ2) is 9.63. The van der Waals surface area contributed by atoms with Crippen molar-refractivity contribution in [2.75, 3.05) is 0 Å². The first kappa shape index (κ1) is 24.9. The van der Waals surface area contributed by atoms with Crippen LogP contribution in [0.5, 0.6) is 0 Å². The van der Waals surface area contributed by atoms with E-state index >= 15 is 0 Å². The number of rotatable bonds is 7. The predicted octanol–water partition coefficient (Wildman–Crippen LogP) is 6.81. The van der Waals surface area contributed by atoms with Gasteiger partial charge in [0.1, 0.15) is 0 Å². The van der Waals surface area contributed by atoms with E-state index in [4.69, 9.17) is 10.2 Å². The Balaban J connectivity index is 1.81. The van der Waals surface area contributed by atoms with E-state index in [2.05, 4.69) is 26.8 Å². The fourth-order valence-electron chi connectivity index (χ4n) is 3.52. The molecule has 1 N–H and O–H groups in total. The summed E-state index contributed by atoms with van der Waals surface area (Å²) in [7, 11) is 0. The van der Waals surface area contributed by atoms with Gasteiger partial charge >= 0.3 is 12.1 Å². The fourth-order valence-corrected chi connectivity index (χ4v) is 4.48. The highest BCUT2D eigenvalue weighted by atomic mass is 32.2. The van der Waals surface area contributed by atoms with Gasteiger partial charge in [-0.2, -0.15) is 18.3 Å². The van der Waals surface area contributed by atoms with Crippen LogP contribution in [0.25, 0.3) is 5.69 Å². The Morgan fingerprint density at radius 1 is 1.06 bits per heavy atom. The zero-order chi connectivity index (χ0) is 24.4. The zero-order valence-corrected chi connectivity index (χ0v) is 19.8. The van der Waals surface area contributed by atoms with Gasteiger partial charge in [0.05, 0.1) is 16.9 Å². The third-order valence-electron chi connectivity index (χ3n) is 5.28. The van der Waals surface area contributed by atoms with E-state index in [9.17, 15) is 18.0 Å². The van der Waals surface area contributed by atoms with E-state index < -0.39 is 17.7 Å². The average Bonchev–Trinajstić information content (AvgIpc) is 3.16. The maximum Gasteiger partial charge on any atom is 0.416 e. The number of aromatic nitrogens is 2. The van der Waals surface area contributed by atoms with Gasteiger partial charge in [-0.3, -0.25) is 4.79 Å². The van der Waals surface area contributed by atoms with E-state index in [1.165, 1.54) is 12.1 Å². The maximum absolute atomic E-state index is 12.9. The minimum Gasteiger partial charge on any atom is -0.481 e. The van der Waals surface area contributed by atoms with Gasteiger partial charge in [0.2, 0.25) is 0 Å². The number of aryl methyl sites for hydroxylation is 2. The summed E-state index contributed by atoms with van der Waals surface area (Å²) < 4.78 is 40.3. The highest BCUT2D eigenvalue weighted by molar-refractivity contribution is 7.98. The van der Waals surface area contributed by atoms with Crippen molar-refractivity contribution in [2.24, 2.45) is 0 Å². The lowest BCUT2D eigenvalue weighted by Crippen LogP contribution is -2.14. The SMILES string of the molecule is Cc1cc(SCc2cn(-c3ccc(C(F)(F)F)cc3)nc2C(C)(C)C)ccc1CCC(=O)O. The van der Waals surface area contributed by atoms with Crippen LogP contribution in [0.15, 0.2) is 53.6 Å². The fraction of sp³-hybridized carbons (Fsp3) is 0.360. The minimum absolute atomic E-state index is 0.103. The Morgan fingerprint density at radius 3 is 2.27 bits per heavy atom. The molecule has 1 heterocycles. The van der Waals surface area contributed by atoms with E-state index in [1.807, 2.05) is 25.3 Å². The molecule has 0 saturated carbocycles. The van der Waals surface area contributed by atoms with Crippen molar-refractivity contribution in [2.45, 2.75) is 62.8 Å². The molecule has 8 heteroatoms. The molecule has 176 valence electrons. The van der Waals surface area contributed by atoms with E-state index in [1.54, 1.807) is 16.4 Å². The van der Waals surface area contributed by atoms with Gasteiger partial charge in [0.15, 0.2) is 0 Å². The monoisotopic (exact) mass is 476 g/mol. The lowest BCUT2D eigenvalue weighted by atomic mass is 9.90. The normalized spacial score (nSPS) is 12.2. The molecule has 0 aliphatic carbocycles. The summed E-state index contributed by atoms with van der Waals surface area (Å²) >= 11 is 1.65. The van der Waals surface area contributed by atoms with Gasteiger partial charge in [-0.1, -0.05) is 26.8 Å². The standard InChI is InChI=1S/C25H27F3N2O2S/c1-16-13-21(11-5-17(16)6-12-22(31)32)33-15-18-14-30(29-23(18)24(2,3)4)20-9-7-19(8-10-20)25(26,27)28/h5,7-11,13-14H,6,12,15H2,1-4H3,(H,31,32). The van der Waals surface area contributed by atoms with Crippen LogP contribution in [0.4, 0.5) is 13.2 Å². The third kappa shape index (κ3) is 6.41. The summed E-state index contributed by atoms with van der Waals surface area (Å²) in [6, 6.07) is 11.0. The van der Waals surface area contributed by atoms with Crippen molar-refractivity contribution < 1.29 is 23.1 Å². The first-order chi connectivity index (χ1) is 15.3. The minimum atomic E-state index is -4.37. The summed E-state index contributed by atoms with van der Waals surface area (Å²) in [5.74, 6) is -0.158. The van der Waals surface area contributed by atoms with E-state index in [0.717, 1.165) is 39.4 Å². The number of halogens is 3. The largest absolute Gasteiger partial charge is 0.481 e. The van der Waals surface area contributed by atoms with Crippen LogP contribution >= 0.6 is 11.8 Å². The average molecular weight is 477 g/mol. The van der Waals surface area contributed by atoms with E-state index in [-0.39, 0.29) is 11.8 Å². The Labute approximate surface area is 195 Å². The quantitative estimate of drug-likeness (QED) is 0.381. The predicted molar refractivity (Wildman–Crippen MR) is 124 cm³/mol. The number of aliphatic carboxylic acids is 1. The van der Waals surface area contributed by atoms with Crippen molar-refractivity contribution in [3.8, 4) is 5.69 Å². The highest BCUT2D eigenvalue weighted by Gasteiger charge is 2.30. The van der Waals surface area contributed by atoms with Gasteiger partial charge in [0, 0.05) is 34.2 Å². The van der Waals surface area contributed by atoms with Crippen molar-refractivity contribution in [3.63, 3.8) is 0 Å². The first-order valence-electron chi connectivity index (χ1n) is 10.6. The van der Waals surface area contributed by atoms with Gasteiger partial charge < -0.3 is 5.11 Å². The summed E-state index contributed by atoms with van der Waals surface area (Å²) in [4.78, 5) is 11.9. The number of benzene rings is 2. The number of carbonyl (C=O) groups is 1. The molecular weight excluding hydrogens is 449 g/mol. The number of hydrogen-bond donors (Lipinski definition) is 1. The number of carboxylic acid groups (broad SMARTS) is 1. The van der Waals surface area contributed by atoms with Gasteiger partial charge in [0.25, 0.3) is 0 Å². The van der Waals surface area contributed by atoms with Gasteiger partial charge in [-0.25, -0.2) is 4.68 Å². The summed E-state index contributed by atoms with van der Waals surface area (Å²) in [6.07, 6.45) is -1.89. The first-order valence-corrected chi connectivity index (χ1v) is 11.5. The molecule has 0 fully saturated rings. The van der Waals surface area contributed by atoms with E-state index in [0.29, 0.717) is 17.9 Å². The van der Waals surface area contributed by atoms with Crippen LogP contribution in [0, 0.1) is 6.92 Å². The third-order valence-corrected chi connectivity index (χ3v) is 6.32. The van der Waals surface area contributed by atoms with Crippen LogP contribution in [-0.4, -0.2) is 20.9 Å². The molecule has 33 heavy (non-hydrogen) atoms. The Bertz CT molecular complexity index is 1130. The molecule has 0 aliphatic heterocycles. The van der Waals surface area contributed by atoms with Crippen LogP contribution in [0.1, 0.15) is 55.1 Å². The molecule has 0 aliphatic rings. The molecule has 0 atom stereocenters. The molecule has 0 spiro atoms. The van der Waals surface area contributed by atoms with Crippen LogP contribution in [-0.2, 0) is 28.6 Å². The summed E-state index contributed by atoms with van der Waals surface area (Å²) in [5.41, 5.74) is 3.63. The molecule has 0 amide bonds. The van der Waals surface area contributed by atoms with Crippen molar-refractivity contribution in [3.05, 3.63) is 76.6 Å². The molecule has 3 aromatic rings. The van der Waals surface area contributed by atoms with Crippen molar-refractivity contribution in [1.29, 1.82) is 0 Å². The highest BCUT2D eigenvalue weighted by Crippen LogP contribution is 2.33. The number of carboxylic acids is 1. The van der Waals surface area contributed by atoms with Crippen LogP contribution in [0.3, 0.4) is 0 Å². The summed E-state index contributed by atoms with van der Waals surface area (Å²) in [6.45, 7) is 8.15. The molecule has 3 rings (SSSR count). The van der Waals surface area contributed by atoms with Gasteiger partial charge in [-0.15, -0.1) is 11.8 Å². The smallest absolute Gasteiger partial charge is 0.416 e. The number of hydrogen-bond acceptors (Lipinski definition) is 3. The number of nitrogens with zero attached hydrogens (tertiary/aromatic N) is 2. The molecule has 0 saturated heterocycles. The molecular formula is C25H27F3N2O2S. The topological polar surface area (TPSA) is 55.1 Å². The zero-order valence-electron chi connectivity index (χ0n) is 19.0. The number of alkyl halides is 3. The van der Waals surface area contributed by atoms with Gasteiger partial charge in [-0.05, 0) is 60.9 Å². The number of thioether (sulfide) groups is 1. The lowest BCUT2D eigenvalue weighted by molar-refractivity contribution is -0.138. The molecule has 0 unspecified atom stereocenters. The van der Waals surface area contributed by atoms with Crippen LogP contribution < -0.4 is 0 Å². The summed E-state index contributed by atoms with van der Waals surface area (Å²) in [5, 5.41) is 13.6. The lowest BCUT2D eigenvalue weighted by Gasteiger charge is -2.17. The Hall–Kier alpha value is -2.74. The maximum atomic E-state index is 12.9. The second-order valence-electron chi connectivity index (χ2n) is 9.01. The molecule has 0 radical (unpaired) electrons. The Kier molecular flexibility index (Phi) is 7.26. The second-order valence-corrected chi connectivity index (χ2v) is 10.1. The molecule has 0 bridgehead atoms. The van der Waals surface area contributed by atoms with Crippen LogP contribution in [0.2, 0.25) is 0 Å².